The van der Waals surface area contributed by atoms with Gasteiger partial charge >= 0.3 is 0 Å². The minimum Gasteiger partial charge on any atom is -0.350 e. The number of aromatic nitrogens is 3. The van der Waals surface area contributed by atoms with E-state index in [2.05, 4.69) is 15.5 Å². The lowest BCUT2D eigenvalue weighted by atomic mass is 10.2. The average molecular weight is 413 g/mol. The summed E-state index contributed by atoms with van der Waals surface area (Å²) < 4.78 is 2.11. The molecule has 0 aliphatic heterocycles. The van der Waals surface area contributed by atoms with Gasteiger partial charge in [0.15, 0.2) is 10.6 Å². The van der Waals surface area contributed by atoms with Crippen molar-refractivity contribution in [1.29, 1.82) is 0 Å². The van der Waals surface area contributed by atoms with Gasteiger partial charge in [0.25, 0.3) is 0 Å². The van der Waals surface area contributed by atoms with Crippen molar-refractivity contribution < 1.29 is 4.79 Å². The van der Waals surface area contributed by atoms with Gasteiger partial charge in [-0.3, -0.25) is 14.5 Å². The normalized spacial score (nSPS) is 12.1. The van der Waals surface area contributed by atoms with Crippen LogP contribution in [0, 0.1) is 4.77 Å². The Balaban J connectivity index is 1.77. The highest BCUT2D eigenvalue weighted by Crippen LogP contribution is 2.26. The number of benzene rings is 1. The van der Waals surface area contributed by atoms with Gasteiger partial charge in [-0.25, -0.2) is 0 Å². The average Bonchev–Trinajstić information content (AvgIpc) is 3.22. The molecule has 2 aromatic heterocycles. The van der Waals surface area contributed by atoms with Crippen molar-refractivity contribution in [2.75, 3.05) is 0 Å². The number of carbonyl (C=O) groups excluding carboxylic acids is 1. The molecule has 2 heterocycles. The lowest BCUT2D eigenvalue weighted by Gasteiger charge is -2.15. The summed E-state index contributed by atoms with van der Waals surface area (Å²) in [6, 6.07) is 8.51. The van der Waals surface area contributed by atoms with Crippen LogP contribution in [0.1, 0.15) is 18.5 Å². The first-order valence-corrected chi connectivity index (χ1v) is 9.44. The maximum Gasteiger partial charge on any atom is 0.243 e. The second-order valence-electron chi connectivity index (χ2n) is 5.33. The number of thiophene rings is 1. The van der Waals surface area contributed by atoms with Crippen LogP contribution in [-0.4, -0.2) is 20.7 Å². The summed E-state index contributed by atoms with van der Waals surface area (Å²) in [5.74, 6) is 0.466. The third-order valence-corrected chi connectivity index (χ3v) is 5.42. The summed E-state index contributed by atoms with van der Waals surface area (Å²) >= 11 is 18.8. The maximum atomic E-state index is 12.6. The zero-order valence-electron chi connectivity index (χ0n) is 13.1. The molecular formula is C16H14Cl2N4OS2. The van der Waals surface area contributed by atoms with Gasteiger partial charge in [0, 0.05) is 16.6 Å². The third-order valence-electron chi connectivity index (χ3n) is 3.68. The molecule has 0 spiro atoms. The minimum absolute atomic E-state index is 0.179. The zero-order valence-corrected chi connectivity index (χ0v) is 16.3. The highest BCUT2D eigenvalue weighted by molar-refractivity contribution is 7.71. The molecule has 1 aromatic carbocycles. The van der Waals surface area contributed by atoms with Crippen molar-refractivity contribution in [1.82, 2.24) is 20.1 Å². The highest BCUT2D eigenvalue weighted by atomic mass is 35.5. The molecule has 0 bridgehead atoms. The molecule has 0 fully saturated rings. The molecule has 0 aliphatic carbocycles. The van der Waals surface area contributed by atoms with Gasteiger partial charge in [0.2, 0.25) is 5.91 Å². The van der Waals surface area contributed by atoms with Crippen molar-refractivity contribution in [3.05, 3.63) is 56.1 Å². The van der Waals surface area contributed by atoms with E-state index in [1.165, 1.54) is 11.3 Å². The second-order valence-corrected chi connectivity index (χ2v) is 7.51. The summed E-state index contributed by atoms with van der Waals surface area (Å²) in [7, 11) is 0. The van der Waals surface area contributed by atoms with Crippen molar-refractivity contribution in [3.8, 4) is 10.7 Å². The molecule has 25 heavy (non-hydrogen) atoms. The van der Waals surface area contributed by atoms with Gasteiger partial charge in [-0.2, -0.15) is 5.10 Å². The Morgan fingerprint density at radius 1 is 1.44 bits per heavy atom. The fourth-order valence-electron chi connectivity index (χ4n) is 2.36. The topological polar surface area (TPSA) is 62.7 Å². The molecule has 2 N–H and O–H groups in total. The van der Waals surface area contributed by atoms with Crippen LogP contribution in [-0.2, 0) is 11.3 Å². The van der Waals surface area contributed by atoms with Crippen molar-refractivity contribution in [3.63, 3.8) is 0 Å². The lowest BCUT2D eigenvalue weighted by molar-refractivity contribution is -0.124. The number of carbonyl (C=O) groups is 1. The molecular weight excluding hydrogens is 399 g/mol. The van der Waals surface area contributed by atoms with Crippen molar-refractivity contribution in [2.45, 2.75) is 19.5 Å². The fraction of sp³-hybridized carbons (Fsp3) is 0.188. The van der Waals surface area contributed by atoms with Crippen molar-refractivity contribution in [2.24, 2.45) is 0 Å². The Kier molecular flexibility index (Phi) is 5.58. The van der Waals surface area contributed by atoms with Gasteiger partial charge in [-0.05, 0) is 48.3 Å². The molecule has 0 aliphatic rings. The third kappa shape index (κ3) is 3.95. The van der Waals surface area contributed by atoms with Crippen LogP contribution < -0.4 is 5.32 Å². The molecule has 1 unspecified atom stereocenters. The Morgan fingerprint density at radius 3 is 2.92 bits per heavy atom. The van der Waals surface area contributed by atoms with Crippen LogP contribution in [0.25, 0.3) is 10.7 Å². The molecule has 130 valence electrons. The molecule has 0 saturated heterocycles. The maximum absolute atomic E-state index is 12.6. The van der Waals surface area contributed by atoms with E-state index in [1.807, 2.05) is 17.5 Å². The summed E-state index contributed by atoms with van der Waals surface area (Å²) in [5, 5.41) is 12.9. The number of aromatic amines is 1. The van der Waals surface area contributed by atoms with Crippen LogP contribution in [0.5, 0.6) is 0 Å². The summed E-state index contributed by atoms with van der Waals surface area (Å²) in [4.78, 5) is 13.5. The van der Waals surface area contributed by atoms with Crippen LogP contribution in [0.15, 0.2) is 35.7 Å². The predicted octanol–water partition coefficient (Wildman–Crippen LogP) is 4.85. The summed E-state index contributed by atoms with van der Waals surface area (Å²) in [6.45, 7) is 2.08. The molecule has 1 atom stereocenters. The number of hydrogen-bond acceptors (Lipinski definition) is 4. The molecule has 0 radical (unpaired) electrons. The number of amides is 1. The van der Waals surface area contributed by atoms with Crippen LogP contribution in [0.3, 0.4) is 0 Å². The smallest absolute Gasteiger partial charge is 0.243 e. The largest absolute Gasteiger partial charge is 0.350 e. The monoisotopic (exact) mass is 412 g/mol. The molecule has 0 saturated carbocycles. The number of halogens is 2. The van der Waals surface area contributed by atoms with Crippen molar-refractivity contribution >= 4 is 52.7 Å². The number of hydrogen-bond donors (Lipinski definition) is 2. The molecule has 3 aromatic rings. The van der Waals surface area contributed by atoms with E-state index in [0.717, 1.165) is 10.4 Å². The Morgan fingerprint density at radius 2 is 2.24 bits per heavy atom. The van der Waals surface area contributed by atoms with Gasteiger partial charge < -0.3 is 5.32 Å². The van der Waals surface area contributed by atoms with Crippen LogP contribution in [0.2, 0.25) is 10.0 Å². The Labute approximate surface area is 163 Å². The van der Waals surface area contributed by atoms with E-state index < -0.39 is 6.04 Å². The first-order valence-electron chi connectivity index (χ1n) is 7.40. The standard InChI is InChI=1S/C16H14Cl2N4OS2/c1-9(15(23)19-8-10-4-5-11(17)7-12(10)18)22-14(20-21-16(22)24)13-3-2-6-25-13/h2-7,9H,8H2,1H3,(H,19,23)(H,21,24). The first-order chi connectivity index (χ1) is 12.0. The summed E-state index contributed by atoms with van der Waals surface area (Å²) in [6.07, 6.45) is 0. The molecule has 3 rings (SSSR count). The number of H-pyrrole nitrogens is 1. The minimum atomic E-state index is -0.519. The predicted molar refractivity (Wildman–Crippen MR) is 104 cm³/mol. The molecule has 9 heteroatoms. The lowest BCUT2D eigenvalue weighted by Crippen LogP contribution is -2.31. The summed E-state index contributed by atoms with van der Waals surface area (Å²) in [5.41, 5.74) is 0.792. The van der Waals surface area contributed by atoms with E-state index in [0.29, 0.717) is 27.2 Å². The number of rotatable bonds is 5. The zero-order chi connectivity index (χ0) is 18.0. The van der Waals surface area contributed by atoms with E-state index >= 15 is 0 Å². The van der Waals surface area contributed by atoms with Crippen LogP contribution in [0.4, 0.5) is 0 Å². The van der Waals surface area contributed by atoms with Gasteiger partial charge in [-0.1, -0.05) is 35.3 Å². The number of nitrogens with one attached hydrogen (secondary N) is 2. The molecule has 5 nitrogen and oxygen atoms in total. The quantitative estimate of drug-likeness (QED) is 0.588. The van der Waals surface area contributed by atoms with Gasteiger partial charge in [-0.15, -0.1) is 11.3 Å². The second kappa shape index (κ2) is 7.70. The fourth-order valence-corrected chi connectivity index (χ4v) is 3.83. The van der Waals surface area contributed by atoms with Crippen LogP contribution >= 0.6 is 46.8 Å². The van der Waals surface area contributed by atoms with E-state index in [1.54, 1.807) is 29.7 Å². The van der Waals surface area contributed by atoms with E-state index in [9.17, 15) is 4.79 Å². The van der Waals surface area contributed by atoms with E-state index in [-0.39, 0.29) is 5.91 Å². The number of nitrogens with zero attached hydrogens (tertiary/aromatic N) is 2. The Bertz CT molecular complexity index is 949. The highest BCUT2D eigenvalue weighted by Gasteiger charge is 2.21. The first kappa shape index (κ1) is 18.1. The van der Waals surface area contributed by atoms with E-state index in [4.69, 9.17) is 35.4 Å². The van der Waals surface area contributed by atoms with Gasteiger partial charge in [0.05, 0.1) is 4.88 Å². The van der Waals surface area contributed by atoms with Gasteiger partial charge in [0.1, 0.15) is 6.04 Å². The SMILES string of the molecule is CC(C(=O)NCc1ccc(Cl)cc1Cl)n1c(-c2cccs2)n[nH]c1=S. The molecule has 1 amide bonds. The Hall–Kier alpha value is -1.67.